The van der Waals surface area contributed by atoms with Gasteiger partial charge in [-0.1, -0.05) is 0 Å². The summed E-state index contributed by atoms with van der Waals surface area (Å²) in [6.45, 7) is -2.18. The predicted molar refractivity (Wildman–Crippen MR) is 161 cm³/mol. The van der Waals surface area contributed by atoms with Crippen molar-refractivity contribution in [1.82, 2.24) is 0 Å². The van der Waals surface area contributed by atoms with E-state index in [9.17, 15) is 71.2 Å². The molecule has 0 amide bonds. The van der Waals surface area contributed by atoms with Gasteiger partial charge >= 0.3 is 5.97 Å². The Bertz CT molecular complexity index is 1090. The van der Waals surface area contributed by atoms with Gasteiger partial charge in [0.25, 0.3) is 0 Å². The first-order valence-electron chi connectivity index (χ1n) is 16.8. The van der Waals surface area contributed by atoms with Gasteiger partial charge in [-0.05, 0) is 25.8 Å². The van der Waals surface area contributed by atoms with Crippen LogP contribution in [0.5, 0.6) is 0 Å². The van der Waals surface area contributed by atoms with Crippen molar-refractivity contribution in [1.29, 1.82) is 0 Å². The van der Waals surface area contributed by atoms with Crippen LogP contribution in [0, 0.1) is 0 Å². The molecule has 4 saturated heterocycles. The van der Waals surface area contributed by atoms with Crippen LogP contribution >= 0.6 is 0 Å². The van der Waals surface area contributed by atoms with Gasteiger partial charge in [-0.3, -0.25) is 0 Å². The molecule has 23 heteroatoms. The van der Waals surface area contributed by atoms with E-state index in [-0.39, 0.29) is 6.61 Å². The fourth-order valence-electron chi connectivity index (χ4n) is 6.26. The standard InChI is InChI=1S/C29H51NO22/c30-4-2-1-3-5-45-26-18(40)16(38)23(24(52-26)25(43)44)51-29-20(42)15(37)22(11(8-33)48-29)50-28-19(41)14(36)21(10(7-32)47-28)49-27-17(39)13(35)12(34)9(6-31)46-27/h9-24,26-29,31-42H,1-8,30H2,(H,43,44)/t9?,10?,11?,12-,13?,14-,15-,16?,17?,18+,19?,20?,21-,22+,23+,24?,26-,27+,28-,29-/m1/s1. The van der Waals surface area contributed by atoms with E-state index < -0.39 is 149 Å². The minimum Gasteiger partial charge on any atom is -0.479 e. The first-order chi connectivity index (χ1) is 24.7. The summed E-state index contributed by atoms with van der Waals surface area (Å²) in [5, 5.41) is 135. The molecule has 0 saturated carbocycles. The maximum atomic E-state index is 12.1. The molecule has 4 heterocycles. The van der Waals surface area contributed by atoms with Crippen molar-refractivity contribution in [2.24, 2.45) is 5.73 Å². The van der Waals surface area contributed by atoms with Crippen molar-refractivity contribution in [3.63, 3.8) is 0 Å². The van der Waals surface area contributed by atoms with Crippen LogP contribution in [0.2, 0.25) is 0 Å². The quantitative estimate of drug-likeness (QED) is 0.0649. The third-order valence-corrected chi connectivity index (χ3v) is 9.28. The Labute approximate surface area is 296 Å². The third-order valence-electron chi connectivity index (χ3n) is 9.28. The van der Waals surface area contributed by atoms with Crippen molar-refractivity contribution in [3.8, 4) is 0 Å². The first kappa shape index (κ1) is 43.4. The van der Waals surface area contributed by atoms with E-state index in [1.807, 2.05) is 0 Å². The maximum absolute atomic E-state index is 12.1. The second kappa shape index (κ2) is 19.5. The number of aliphatic carboxylic acids is 1. The number of unbranched alkanes of at least 4 members (excludes halogenated alkanes) is 2. The van der Waals surface area contributed by atoms with Crippen molar-refractivity contribution < 1.29 is 109 Å². The topological polar surface area (TPSA) is 380 Å². The van der Waals surface area contributed by atoms with Crippen LogP contribution in [-0.4, -0.2) is 228 Å². The van der Waals surface area contributed by atoms with Crippen LogP contribution in [-0.2, 0) is 42.7 Å². The van der Waals surface area contributed by atoms with Gasteiger partial charge in [0.1, 0.15) is 91.6 Å². The summed E-state index contributed by atoms with van der Waals surface area (Å²) < 4.78 is 43.7. The zero-order valence-corrected chi connectivity index (χ0v) is 27.8. The van der Waals surface area contributed by atoms with Gasteiger partial charge in [-0.15, -0.1) is 0 Å². The Kier molecular flexibility index (Phi) is 16.2. The second-order valence-corrected chi connectivity index (χ2v) is 12.9. The minimum atomic E-state index is -2.11. The Morgan fingerprint density at radius 1 is 0.500 bits per heavy atom. The normalized spacial score (nSPS) is 47.3. The van der Waals surface area contributed by atoms with Crippen LogP contribution in [0.1, 0.15) is 19.3 Å². The second-order valence-electron chi connectivity index (χ2n) is 12.9. The molecule has 0 spiro atoms. The molecule has 4 aliphatic heterocycles. The summed E-state index contributed by atoms with van der Waals surface area (Å²) in [5.74, 6) is -1.65. The van der Waals surface area contributed by atoms with Gasteiger partial charge in [-0.2, -0.15) is 0 Å². The smallest absolute Gasteiger partial charge is 0.335 e. The number of rotatable bonds is 16. The van der Waals surface area contributed by atoms with Crippen molar-refractivity contribution in [2.45, 2.75) is 142 Å². The van der Waals surface area contributed by atoms with Gasteiger partial charge in [0.15, 0.2) is 31.3 Å². The number of carboxylic acid groups (broad SMARTS) is 1. The highest BCUT2D eigenvalue weighted by Crippen LogP contribution is 2.34. The van der Waals surface area contributed by atoms with Crippen molar-refractivity contribution in [2.75, 3.05) is 33.0 Å². The van der Waals surface area contributed by atoms with E-state index >= 15 is 0 Å². The largest absolute Gasteiger partial charge is 0.479 e. The number of hydrogen-bond donors (Lipinski definition) is 14. The highest BCUT2D eigenvalue weighted by atomic mass is 16.8. The first-order valence-corrected chi connectivity index (χ1v) is 16.8. The molecule has 23 nitrogen and oxygen atoms in total. The molecule has 304 valence electrons. The summed E-state index contributed by atoms with van der Waals surface area (Å²) >= 11 is 0. The molecule has 0 bridgehead atoms. The average Bonchev–Trinajstić information content (AvgIpc) is 3.13. The Hall–Kier alpha value is -1.37. The molecule has 0 aromatic heterocycles. The van der Waals surface area contributed by atoms with Crippen molar-refractivity contribution in [3.05, 3.63) is 0 Å². The fraction of sp³-hybridized carbons (Fsp3) is 0.966. The number of aliphatic hydroxyl groups excluding tert-OH is 12. The van der Waals surface area contributed by atoms with Crippen LogP contribution < -0.4 is 5.73 Å². The molecule has 0 radical (unpaired) electrons. The van der Waals surface area contributed by atoms with Gasteiger partial charge in [0.2, 0.25) is 0 Å². The predicted octanol–water partition coefficient (Wildman–Crippen LogP) is -8.50. The molecule has 9 unspecified atom stereocenters. The zero-order chi connectivity index (χ0) is 38.4. The summed E-state index contributed by atoms with van der Waals surface area (Å²) in [5.41, 5.74) is 5.44. The summed E-state index contributed by atoms with van der Waals surface area (Å²) in [4.78, 5) is 12.1. The minimum absolute atomic E-state index is 0.0456. The molecule has 20 atom stereocenters. The molecule has 0 aromatic rings. The van der Waals surface area contributed by atoms with Crippen LogP contribution in [0.25, 0.3) is 0 Å². The SMILES string of the molecule is NCCCCCO[C@@H]1OC(C(=O)O)[C@@H](O[C@H]2OC(CO)[C@H](O[C@H]3OC(CO)[C@@H](O[C@@H]4OC(CO)[C@@H](O)C(O)C4O)[C@H](O)C3O)[C@H](O)C2O)C(O)[C@@H]1O. The van der Waals surface area contributed by atoms with E-state index in [0.717, 1.165) is 0 Å². The molecule has 52 heavy (non-hydrogen) atoms. The van der Waals surface area contributed by atoms with E-state index in [0.29, 0.717) is 25.8 Å². The number of nitrogens with two attached hydrogens (primary N) is 1. The summed E-state index contributed by atoms with van der Waals surface area (Å²) in [6.07, 6.45) is -34.8. The lowest BCUT2D eigenvalue weighted by molar-refractivity contribution is -0.387. The molecule has 0 aliphatic carbocycles. The molecule has 4 fully saturated rings. The van der Waals surface area contributed by atoms with E-state index in [1.54, 1.807) is 0 Å². The lowest BCUT2D eigenvalue weighted by Gasteiger charge is -2.48. The van der Waals surface area contributed by atoms with Crippen LogP contribution in [0.15, 0.2) is 0 Å². The fourth-order valence-corrected chi connectivity index (χ4v) is 6.26. The molecular formula is C29H51NO22. The van der Waals surface area contributed by atoms with Gasteiger partial charge in [0.05, 0.1) is 19.8 Å². The highest BCUT2D eigenvalue weighted by molar-refractivity contribution is 5.73. The Morgan fingerprint density at radius 2 is 0.923 bits per heavy atom. The van der Waals surface area contributed by atoms with Gasteiger partial charge in [-0.25, -0.2) is 4.79 Å². The molecule has 4 aliphatic rings. The number of carbonyl (C=O) groups is 1. The monoisotopic (exact) mass is 765 g/mol. The number of hydrogen-bond acceptors (Lipinski definition) is 22. The average molecular weight is 766 g/mol. The molecule has 15 N–H and O–H groups in total. The maximum Gasteiger partial charge on any atom is 0.335 e. The van der Waals surface area contributed by atoms with E-state index in [2.05, 4.69) is 0 Å². The molecule has 0 aromatic carbocycles. The number of carboxylic acids is 1. The lowest BCUT2D eigenvalue weighted by atomic mass is 9.95. The zero-order valence-electron chi connectivity index (χ0n) is 27.8. The highest BCUT2D eigenvalue weighted by Gasteiger charge is 2.56. The van der Waals surface area contributed by atoms with Gasteiger partial charge in [0, 0.05) is 6.61 Å². The summed E-state index contributed by atoms with van der Waals surface area (Å²) in [7, 11) is 0. The number of aliphatic hydroxyl groups is 12. The Balaban J connectivity index is 1.41. The van der Waals surface area contributed by atoms with Gasteiger partial charge < -0.3 is 110 Å². The molecular weight excluding hydrogens is 714 g/mol. The van der Waals surface area contributed by atoms with Crippen LogP contribution in [0.4, 0.5) is 0 Å². The van der Waals surface area contributed by atoms with Crippen molar-refractivity contribution >= 4 is 5.97 Å². The Morgan fingerprint density at radius 3 is 1.38 bits per heavy atom. The summed E-state index contributed by atoms with van der Waals surface area (Å²) in [6, 6.07) is 0. The van der Waals surface area contributed by atoms with E-state index in [4.69, 9.17) is 43.6 Å². The van der Waals surface area contributed by atoms with E-state index in [1.165, 1.54) is 0 Å². The molecule has 4 rings (SSSR count). The lowest BCUT2D eigenvalue weighted by Crippen LogP contribution is -2.67. The third kappa shape index (κ3) is 9.52. The number of ether oxygens (including phenoxy) is 8. The van der Waals surface area contributed by atoms with Crippen LogP contribution in [0.3, 0.4) is 0 Å².